The van der Waals surface area contributed by atoms with Crippen LogP contribution in [-0.2, 0) is 16.2 Å². The van der Waals surface area contributed by atoms with Gasteiger partial charge >= 0.3 is 0 Å². The summed E-state index contributed by atoms with van der Waals surface area (Å²) in [5.41, 5.74) is 7.90. The SMILES string of the molecule is CN1C(=C=O)C(Sc2cccc3[nH]ncc23)=C(N)N=C1N1CCC2(CCC[C@H]2N[S+]([O-])C(C)(C)C)CC1. The fraction of sp³-hybridized carbons (Fsp3) is 0.538. The number of carbonyl (C=O) groups excluding carboxylic acids is 1. The van der Waals surface area contributed by atoms with Gasteiger partial charge in [0.05, 0.1) is 22.7 Å². The maximum atomic E-state index is 12.8. The van der Waals surface area contributed by atoms with Crippen molar-refractivity contribution in [2.24, 2.45) is 16.1 Å². The number of benzene rings is 1. The van der Waals surface area contributed by atoms with Gasteiger partial charge in [0.15, 0.2) is 5.94 Å². The van der Waals surface area contributed by atoms with E-state index in [2.05, 4.69) is 25.8 Å². The van der Waals surface area contributed by atoms with Crippen molar-refractivity contribution >= 4 is 45.9 Å². The number of guanidine groups is 1. The predicted molar refractivity (Wildman–Crippen MR) is 149 cm³/mol. The highest BCUT2D eigenvalue weighted by Crippen LogP contribution is 2.47. The number of aliphatic imine (C=N–C) groups is 1. The molecule has 0 amide bonds. The van der Waals surface area contributed by atoms with Crippen molar-refractivity contribution in [3.8, 4) is 0 Å². The van der Waals surface area contributed by atoms with Crippen LogP contribution in [0.2, 0.25) is 0 Å². The number of rotatable bonds is 4. The lowest BCUT2D eigenvalue weighted by Crippen LogP contribution is -2.55. The molecule has 0 bridgehead atoms. The van der Waals surface area contributed by atoms with Crippen LogP contribution in [-0.4, -0.2) is 67.4 Å². The molecule has 3 aliphatic rings. The first-order valence-corrected chi connectivity index (χ1v) is 14.7. The third-order valence-electron chi connectivity index (χ3n) is 7.81. The average molecular weight is 542 g/mol. The number of hydrogen-bond donors (Lipinski definition) is 3. The second kappa shape index (κ2) is 10.0. The molecule has 1 spiro atoms. The zero-order chi connectivity index (χ0) is 26.4. The van der Waals surface area contributed by atoms with Gasteiger partial charge in [0.1, 0.15) is 16.3 Å². The predicted octanol–water partition coefficient (Wildman–Crippen LogP) is 3.49. The number of aromatic amines is 1. The van der Waals surface area contributed by atoms with Crippen LogP contribution in [0.5, 0.6) is 0 Å². The average Bonchev–Trinajstić information content (AvgIpc) is 3.49. The highest BCUT2D eigenvalue weighted by atomic mass is 32.2. The third kappa shape index (κ3) is 4.91. The quantitative estimate of drug-likeness (QED) is 0.397. The standard InChI is InChI=1S/C26H35N7O2S2/c1-25(2,3)37(35)31-21-9-6-10-26(21)11-13-33(14-12-26)24-29-23(27)22(19(16-34)32(24)4)36-20-8-5-7-18-17(20)15-28-30-18/h5,7-8,15,21,31H,6,9-14,27H2,1-4H3,(H,28,30)/t21-,37?/m1/s1. The van der Waals surface area contributed by atoms with E-state index in [1.807, 2.05) is 46.0 Å². The van der Waals surface area contributed by atoms with E-state index < -0.39 is 11.4 Å². The van der Waals surface area contributed by atoms with Crippen LogP contribution in [0.15, 0.2) is 50.7 Å². The first-order valence-electron chi connectivity index (χ1n) is 12.7. The molecule has 11 heteroatoms. The molecular weight excluding hydrogens is 506 g/mol. The van der Waals surface area contributed by atoms with Crippen LogP contribution >= 0.6 is 11.8 Å². The topological polar surface area (TPSA) is 126 Å². The van der Waals surface area contributed by atoms with E-state index in [-0.39, 0.29) is 16.2 Å². The molecule has 2 fully saturated rings. The van der Waals surface area contributed by atoms with Crippen molar-refractivity contribution in [1.82, 2.24) is 24.7 Å². The first-order chi connectivity index (χ1) is 17.6. The van der Waals surface area contributed by atoms with Crippen molar-refractivity contribution in [3.05, 3.63) is 40.8 Å². The summed E-state index contributed by atoms with van der Waals surface area (Å²) in [4.78, 5) is 22.5. The van der Waals surface area contributed by atoms with E-state index in [9.17, 15) is 9.35 Å². The molecule has 1 unspecified atom stereocenters. The van der Waals surface area contributed by atoms with Crippen LogP contribution in [0.1, 0.15) is 52.9 Å². The fourth-order valence-electron chi connectivity index (χ4n) is 5.62. The Kier molecular flexibility index (Phi) is 7.10. The van der Waals surface area contributed by atoms with Gasteiger partial charge in [-0.1, -0.05) is 24.2 Å². The number of likely N-dealkylation sites (tertiary alicyclic amines) is 1. The lowest BCUT2D eigenvalue weighted by molar-refractivity contribution is 0.122. The summed E-state index contributed by atoms with van der Waals surface area (Å²) < 4.78 is 16.0. The monoisotopic (exact) mass is 541 g/mol. The number of nitrogens with one attached hydrogen (secondary N) is 2. The number of likely N-dealkylation sites (N-methyl/N-ethyl adjacent to an activating group) is 1. The zero-order valence-electron chi connectivity index (χ0n) is 21.8. The normalized spacial score (nSPS) is 23.1. The molecule has 2 aliphatic heterocycles. The van der Waals surface area contributed by atoms with E-state index in [0.29, 0.717) is 22.4 Å². The maximum absolute atomic E-state index is 12.8. The van der Waals surface area contributed by atoms with Crippen LogP contribution in [0.25, 0.3) is 10.9 Å². The van der Waals surface area contributed by atoms with Crippen molar-refractivity contribution in [2.75, 3.05) is 20.1 Å². The lowest BCUT2D eigenvalue weighted by atomic mass is 9.74. The number of nitrogens with two attached hydrogens (primary N) is 1. The van der Waals surface area contributed by atoms with Gasteiger partial charge in [-0.15, -0.1) is 4.72 Å². The van der Waals surface area contributed by atoms with E-state index >= 15 is 0 Å². The Balaban J connectivity index is 1.34. The fourth-order valence-corrected chi connectivity index (χ4v) is 7.67. The molecule has 3 heterocycles. The summed E-state index contributed by atoms with van der Waals surface area (Å²) in [5.74, 6) is 3.11. The Labute approximate surface area is 225 Å². The summed E-state index contributed by atoms with van der Waals surface area (Å²) in [7, 11) is 1.85. The second-order valence-corrected chi connectivity index (χ2v) is 14.2. The second-order valence-electron chi connectivity index (χ2n) is 11.1. The molecule has 1 saturated heterocycles. The highest BCUT2D eigenvalue weighted by molar-refractivity contribution is 8.03. The van der Waals surface area contributed by atoms with Crippen molar-refractivity contribution in [2.45, 2.75) is 68.6 Å². The Hall–Kier alpha value is -2.43. The number of H-pyrrole nitrogens is 1. The van der Waals surface area contributed by atoms with Gasteiger partial charge in [-0.2, -0.15) is 10.1 Å². The van der Waals surface area contributed by atoms with Crippen molar-refractivity contribution < 1.29 is 9.35 Å². The Morgan fingerprint density at radius 1 is 1.30 bits per heavy atom. The van der Waals surface area contributed by atoms with Crippen molar-refractivity contribution in [1.29, 1.82) is 0 Å². The van der Waals surface area contributed by atoms with E-state index in [1.165, 1.54) is 11.8 Å². The van der Waals surface area contributed by atoms with Gasteiger partial charge in [0.25, 0.3) is 0 Å². The first kappa shape index (κ1) is 26.2. The molecule has 2 atom stereocenters. The largest absolute Gasteiger partial charge is 0.598 e. The van der Waals surface area contributed by atoms with Gasteiger partial charge in [-0.05, 0) is 64.0 Å². The molecule has 37 heavy (non-hydrogen) atoms. The van der Waals surface area contributed by atoms with Gasteiger partial charge in [0, 0.05) is 41.8 Å². The highest BCUT2D eigenvalue weighted by Gasteiger charge is 2.48. The smallest absolute Gasteiger partial charge is 0.208 e. The minimum Gasteiger partial charge on any atom is -0.598 e. The van der Waals surface area contributed by atoms with Gasteiger partial charge in [-0.3, -0.25) is 5.10 Å². The molecule has 0 radical (unpaired) electrons. The molecular formula is C26H35N7O2S2. The number of aromatic nitrogens is 2. The summed E-state index contributed by atoms with van der Waals surface area (Å²) in [6.07, 6.45) is 7.08. The molecule has 1 aliphatic carbocycles. The van der Waals surface area contributed by atoms with Gasteiger partial charge in [0.2, 0.25) is 5.96 Å². The number of nitrogens with zero attached hydrogens (tertiary/aromatic N) is 4. The van der Waals surface area contributed by atoms with E-state index in [1.54, 1.807) is 11.1 Å². The summed E-state index contributed by atoms with van der Waals surface area (Å²) in [6.45, 7) is 7.64. The van der Waals surface area contributed by atoms with Crippen LogP contribution in [0, 0.1) is 5.41 Å². The molecule has 5 rings (SSSR count). The Morgan fingerprint density at radius 3 is 2.76 bits per heavy atom. The zero-order valence-corrected chi connectivity index (χ0v) is 23.5. The van der Waals surface area contributed by atoms with E-state index in [4.69, 9.17) is 10.7 Å². The molecule has 1 aromatic heterocycles. The van der Waals surface area contributed by atoms with E-state index in [0.717, 1.165) is 61.0 Å². The number of hydrogen-bond acceptors (Lipinski definition) is 9. The van der Waals surface area contributed by atoms with Crippen LogP contribution in [0.3, 0.4) is 0 Å². The van der Waals surface area contributed by atoms with Gasteiger partial charge < -0.3 is 20.1 Å². The molecule has 2 aromatic rings. The van der Waals surface area contributed by atoms with Gasteiger partial charge in [-0.25, -0.2) is 4.79 Å². The molecule has 198 valence electrons. The Morgan fingerprint density at radius 2 is 2.05 bits per heavy atom. The molecule has 1 aromatic carbocycles. The summed E-state index contributed by atoms with van der Waals surface area (Å²) in [6, 6.07) is 6.13. The number of thioether (sulfide) groups is 1. The Bertz CT molecular complexity index is 1280. The molecule has 9 nitrogen and oxygen atoms in total. The lowest BCUT2D eigenvalue weighted by Gasteiger charge is -2.46. The third-order valence-corrected chi connectivity index (χ3v) is 10.6. The minimum absolute atomic E-state index is 0.139. The van der Waals surface area contributed by atoms with Crippen LogP contribution < -0.4 is 10.5 Å². The van der Waals surface area contributed by atoms with Crippen LogP contribution in [0.4, 0.5) is 0 Å². The minimum atomic E-state index is -1.08. The number of piperidine rings is 1. The molecule has 4 N–H and O–H groups in total. The summed E-state index contributed by atoms with van der Waals surface area (Å²) >= 11 is 0.321. The van der Waals surface area contributed by atoms with Crippen molar-refractivity contribution in [3.63, 3.8) is 0 Å². The maximum Gasteiger partial charge on any atom is 0.208 e. The molecule has 1 saturated carbocycles. The number of fused-ring (bicyclic) bond motifs is 1. The summed E-state index contributed by atoms with van der Waals surface area (Å²) in [5, 5.41) is 8.06.